The predicted molar refractivity (Wildman–Crippen MR) is 91.8 cm³/mol. The van der Waals surface area contributed by atoms with Crippen molar-refractivity contribution in [3.05, 3.63) is 0 Å². The van der Waals surface area contributed by atoms with Crippen LogP contribution in [0, 0.1) is 17.8 Å². The van der Waals surface area contributed by atoms with E-state index in [-0.39, 0.29) is 18.2 Å². The number of nitrogens with zero attached hydrogens (tertiary/aromatic N) is 1. The molecule has 4 fully saturated rings. The fourth-order valence-electron chi connectivity index (χ4n) is 5.25. The van der Waals surface area contributed by atoms with Gasteiger partial charge in [-0.05, 0) is 62.7 Å². The molecule has 4 aliphatic rings. The summed E-state index contributed by atoms with van der Waals surface area (Å²) in [6.07, 6.45) is 10.2. The average Bonchev–Trinajstić information content (AvgIpc) is 3.21. The van der Waals surface area contributed by atoms with Crippen LogP contribution in [0.5, 0.6) is 0 Å². The van der Waals surface area contributed by atoms with Crippen LogP contribution < -0.4 is 5.32 Å². The van der Waals surface area contributed by atoms with E-state index in [0.29, 0.717) is 12.6 Å². The highest BCUT2D eigenvalue weighted by atomic mass is 16.5. The van der Waals surface area contributed by atoms with Gasteiger partial charge in [-0.3, -0.25) is 0 Å². The van der Waals surface area contributed by atoms with Crippen molar-refractivity contribution in [1.82, 2.24) is 10.2 Å². The van der Waals surface area contributed by atoms with Gasteiger partial charge < -0.3 is 19.7 Å². The molecule has 2 amide bonds. The Labute approximate surface area is 145 Å². The smallest absolute Gasteiger partial charge is 0.318 e. The zero-order valence-electron chi connectivity index (χ0n) is 14.9. The molecule has 0 aromatic carbocycles. The molecule has 1 heterocycles. The molecule has 3 unspecified atom stereocenters. The van der Waals surface area contributed by atoms with Gasteiger partial charge in [0.25, 0.3) is 0 Å². The van der Waals surface area contributed by atoms with Crippen molar-refractivity contribution in [2.24, 2.45) is 17.8 Å². The number of carbonyl (C=O) groups excluding carboxylic acids is 1. The molecule has 0 aromatic heterocycles. The second kappa shape index (κ2) is 7.20. The predicted octanol–water partition coefficient (Wildman–Crippen LogP) is 2.79. The first-order valence-corrected chi connectivity index (χ1v) is 9.92. The molecule has 3 aliphatic carbocycles. The molecule has 1 aliphatic heterocycles. The molecule has 24 heavy (non-hydrogen) atoms. The van der Waals surface area contributed by atoms with Gasteiger partial charge >= 0.3 is 6.03 Å². The molecule has 136 valence electrons. The Balaban J connectivity index is 1.30. The Morgan fingerprint density at radius 1 is 1.21 bits per heavy atom. The van der Waals surface area contributed by atoms with Crippen LogP contribution in [0.1, 0.15) is 51.4 Å². The maximum atomic E-state index is 12.8. The van der Waals surface area contributed by atoms with Crippen LogP contribution in [0.3, 0.4) is 0 Å². The fourth-order valence-corrected chi connectivity index (χ4v) is 5.25. The number of nitrogens with one attached hydrogen (secondary N) is 1. The van der Waals surface area contributed by atoms with Gasteiger partial charge in [-0.25, -0.2) is 4.79 Å². The quantitative estimate of drug-likeness (QED) is 0.811. The number of fused-ring (bicyclic) bond motifs is 2. The highest BCUT2D eigenvalue weighted by molar-refractivity contribution is 5.75. The Hall–Kier alpha value is -0.810. The maximum absolute atomic E-state index is 12.8. The van der Waals surface area contributed by atoms with Crippen molar-refractivity contribution in [3.63, 3.8) is 0 Å². The number of hydrogen-bond acceptors (Lipinski definition) is 3. The van der Waals surface area contributed by atoms with Crippen molar-refractivity contribution < 1.29 is 14.3 Å². The van der Waals surface area contributed by atoms with Gasteiger partial charge in [-0.15, -0.1) is 0 Å². The van der Waals surface area contributed by atoms with Gasteiger partial charge in [0.05, 0.1) is 18.8 Å². The van der Waals surface area contributed by atoms with E-state index in [1.807, 2.05) is 0 Å². The summed E-state index contributed by atoms with van der Waals surface area (Å²) in [7, 11) is 1.73. The largest absolute Gasteiger partial charge is 0.379 e. The fraction of sp³-hybridized carbons (Fsp3) is 0.947. The Kier molecular flexibility index (Phi) is 5.00. The molecule has 1 N–H and O–H groups in total. The summed E-state index contributed by atoms with van der Waals surface area (Å²) in [4.78, 5) is 14.9. The Bertz CT molecular complexity index is 454. The van der Waals surface area contributed by atoms with Crippen LogP contribution >= 0.6 is 0 Å². The maximum Gasteiger partial charge on any atom is 0.318 e. The molecule has 0 spiro atoms. The summed E-state index contributed by atoms with van der Waals surface area (Å²) in [5.41, 5.74) is 0. The molecule has 3 saturated carbocycles. The van der Waals surface area contributed by atoms with Crippen LogP contribution in [-0.4, -0.2) is 56.0 Å². The number of urea groups is 1. The molecule has 5 nitrogen and oxygen atoms in total. The van der Waals surface area contributed by atoms with E-state index in [1.165, 1.54) is 44.9 Å². The molecule has 0 aromatic rings. The van der Waals surface area contributed by atoms with Crippen LogP contribution in [0.15, 0.2) is 0 Å². The number of carbonyl (C=O) groups is 1. The minimum atomic E-state index is -0.0139. The van der Waals surface area contributed by atoms with E-state index in [9.17, 15) is 4.79 Å². The second-order valence-electron chi connectivity index (χ2n) is 8.34. The topological polar surface area (TPSA) is 50.8 Å². The summed E-state index contributed by atoms with van der Waals surface area (Å²) in [6.45, 7) is 2.21. The lowest BCUT2D eigenvalue weighted by Crippen LogP contribution is -2.54. The minimum absolute atomic E-state index is 0.0139. The van der Waals surface area contributed by atoms with Crippen LogP contribution in [0.2, 0.25) is 0 Å². The number of rotatable bonds is 6. The third-order valence-electron chi connectivity index (χ3n) is 6.78. The molecule has 2 bridgehead atoms. The van der Waals surface area contributed by atoms with E-state index in [4.69, 9.17) is 9.47 Å². The van der Waals surface area contributed by atoms with Crippen molar-refractivity contribution in [2.75, 3.05) is 26.9 Å². The lowest BCUT2D eigenvalue weighted by atomic mass is 9.86. The van der Waals surface area contributed by atoms with E-state index in [2.05, 4.69) is 10.2 Å². The van der Waals surface area contributed by atoms with Gasteiger partial charge in [0.1, 0.15) is 0 Å². The Morgan fingerprint density at radius 2 is 2.08 bits per heavy atom. The summed E-state index contributed by atoms with van der Waals surface area (Å²) in [5, 5.41) is 3.19. The average molecular weight is 336 g/mol. The zero-order valence-corrected chi connectivity index (χ0v) is 14.9. The van der Waals surface area contributed by atoms with Crippen molar-refractivity contribution in [1.29, 1.82) is 0 Å². The third-order valence-corrected chi connectivity index (χ3v) is 6.78. The zero-order chi connectivity index (χ0) is 16.5. The summed E-state index contributed by atoms with van der Waals surface area (Å²) in [6, 6.07) is 0.548. The minimum Gasteiger partial charge on any atom is -0.379 e. The van der Waals surface area contributed by atoms with Gasteiger partial charge in [0.2, 0.25) is 0 Å². The van der Waals surface area contributed by atoms with Gasteiger partial charge in [-0.2, -0.15) is 0 Å². The van der Waals surface area contributed by atoms with E-state index in [0.717, 1.165) is 37.3 Å². The monoisotopic (exact) mass is 336 g/mol. The standard InChI is InChI=1S/C19H32N2O3/c1-23-18-7-9-24-12-17(18)20-19(22)21(16-4-5-16)8-6-15-11-13-2-3-14(15)10-13/h13-18H,2-12H2,1H3,(H,20,22)/t13?,14?,15?,17-,18-/m1/s1. The van der Waals surface area contributed by atoms with Gasteiger partial charge in [0.15, 0.2) is 0 Å². The highest BCUT2D eigenvalue weighted by Crippen LogP contribution is 2.49. The summed E-state index contributed by atoms with van der Waals surface area (Å²) >= 11 is 0. The van der Waals surface area contributed by atoms with E-state index in [1.54, 1.807) is 7.11 Å². The molecule has 1 saturated heterocycles. The van der Waals surface area contributed by atoms with Crippen molar-refractivity contribution in [3.8, 4) is 0 Å². The lowest BCUT2D eigenvalue weighted by Gasteiger charge is -2.34. The van der Waals surface area contributed by atoms with Gasteiger partial charge in [0, 0.05) is 26.3 Å². The number of hydrogen-bond donors (Lipinski definition) is 1. The summed E-state index contributed by atoms with van der Waals surface area (Å²) < 4.78 is 11.1. The first-order valence-electron chi connectivity index (χ1n) is 9.92. The SMILES string of the molecule is CO[C@@H]1CCOC[C@H]1NC(=O)N(CCC1CC2CCC1C2)C1CC1. The van der Waals surface area contributed by atoms with Crippen LogP contribution in [0.4, 0.5) is 4.79 Å². The number of amides is 2. The number of methoxy groups -OCH3 is 1. The van der Waals surface area contributed by atoms with Crippen LogP contribution in [-0.2, 0) is 9.47 Å². The van der Waals surface area contributed by atoms with Crippen molar-refractivity contribution >= 4 is 6.03 Å². The van der Waals surface area contributed by atoms with E-state index >= 15 is 0 Å². The molecule has 4 rings (SSSR count). The molecule has 5 atom stereocenters. The third kappa shape index (κ3) is 3.57. The molecule has 5 heteroatoms. The molecular weight excluding hydrogens is 304 g/mol. The Morgan fingerprint density at radius 3 is 2.75 bits per heavy atom. The van der Waals surface area contributed by atoms with Gasteiger partial charge in [-0.1, -0.05) is 6.42 Å². The highest BCUT2D eigenvalue weighted by Gasteiger charge is 2.41. The first-order chi connectivity index (χ1) is 11.7. The normalized spacial score (nSPS) is 38.3. The molecule has 0 radical (unpaired) electrons. The van der Waals surface area contributed by atoms with Crippen LogP contribution in [0.25, 0.3) is 0 Å². The number of ether oxygens (including phenoxy) is 2. The lowest BCUT2D eigenvalue weighted by molar-refractivity contribution is -0.0346. The first kappa shape index (κ1) is 16.6. The summed E-state index contributed by atoms with van der Waals surface area (Å²) in [5.74, 6) is 2.80. The van der Waals surface area contributed by atoms with Crippen molar-refractivity contribution in [2.45, 2.75) is 69.6 Å². The second-order valence-corrected chi connectivity index (χ2v) is 8.34. The molecular formula is C19H32N2O3. The van der Waals surface area contributed by atoms with E-state index < -0.39 is 0 Å².